The molecule has 7 rings (SSSR count). The van der Waals surface area contributed by atoms with Crippen molar-refractivity contribution in [3.63, 3.8) is 0 Å². The Balaban J connectivity index is 1.33. The molecule has 24 nitrogen and oxygen atoms in total. The van der Waals surface area contributed by atoms with E-state index in [-0.39, 0.29) is 81.5 Å². The monoisotopic (exact) mass is 1500 g/mol. The van der Waals surface area contributed by atoms with E-state index >= 15 is 28.8 Å². The topological polar surface area (TPSA) is 270 Å². The highest BCUT2D eigenvalue weighted by Crippen LogP contribution is 2.39. The molecule has 0 aromatic heterocycles. The van der Waals surface area contributed by atoms with Crippen LogP contribution >= 0.6 is 11.6 Å². The van der Waals surface area contributed by atoms with Crippen LogP contribution in [0.2, 0.25) is 5.02 Å². The summed E-state index contributed by atoms with van der Waals surface area (Å²) in [5, 5.41) is 7.90. The molecule has 2 saturated carbocycles. The maximum absolute atomic E-state index is 15.6. The van der Waals surface area contributed by atoms with Crippen LogP contribution in [0.3, 0.4) is 0 Å². The second-order valence-electron chi connectivity index (χ2n) is 29.8. The third kappa shape index (κ3) is 20.2. The molecule has 580 valence electrons. The van der Waals surface area contributed by atoms with Crippen molar-refractivity contribution in [1.82, 2.24) is 60.0 Å². The average Bonchev–Trinajstić information content (AvgIpc) is 1.68. The number of alkyl halides is 6. The number of carbonyl (C=O) groups excluding carboxylic acids is 12. The van der Waals surface area contributed by atoms with E-state index in [0.717, 1.165) is 67.0 Å². The summed E-state index contributed by atoms with van der Waals surface area (Å²) in [4.78, 5) is 191. The minimum atomic E-state index is -4.82. The Labute approximate surface area is 615 Å². The largest absolute Gasteiger partial charge is 0.417 e. The number of carbonyl (C=O) groups is 12. The summed E-state index contributed by atoms with van der Waals surface area (Å²) in [6.07, 6.45) is -5.29. The lowest BCUT2D eigenvalue weighted by Gasteiger charge is -2.42. The maximum atomic E-state index is 15.6. The van der Waals surface area contributed by atoms with Gasteiger partial charge in [-0.2, -0.15) is 26.3 Å². The number of aryl methyl sites for hydroxylation is 1. The number of hydrogen-bond donors (Lipinski definition) is 3. The van der Waals surface area contributed by atoms with Crippen molar-refractivity contribution in [2.75, 3.05) is 82.6 Å². The van der Waals surface area contributed by atoms with Crippen LogP contribution in [0.25, 0.3) is 0 Å². The van der Waals surface area contributed by atoms with Gasteiger partial charge in [0.05, 0.1) is 35.7 Å². The fourth-order valence-corrected chi connectivity index (χ4v) is 15.4. The molecule has 3 N–H and O–H groups in total. The van der Waals surface area contributed by atoms with Gasteiger partial charge in [-0.1, -0.05) is 101 Å². The smallest absolute Gasteiger partial charge is 0.347 e. The van der Waals surface area contributed by atoms with E-state index in [4.69, 9.17) is 11.6 Å². The molecule has 0 unspecified atom stereocenters. The zero-order valence-electron chi connectivity index (χ0n) is 62.4. The van der Waals surface area contributed by atoms with E-state index in [2.05, 4.69) is 16.0 Å². The Bertz CT molecular complexity index is 3580. The Morgan fingerprint density at radius 3 is 1.85 bits per heavy atom. The summed E-state index contributed by atoms with van der Waals surface area (Å²) in [7, 11) is 11.0. The SMILES string of the molecule is CC[C@H](C)[C@@H]1NC(=O)[C@H](CC(C)C)N(C)C(=O)C[C@@H](C(=O)N(C)C)N(C)C(=O)[C@H](C2CCCC2)N(C)C(=O)C2(CCCC2)NC(=O)[C@H]2CCCN2C(=O)[C@H](CCc2ccc(C(F)(F)F)c(Cl)c2)NC(=O)CN(C)C(=O)[C@H](Cc2ccc(C(F)(F)F)cc2)N2CC=C(C)C[C@@H](C2=O)N(C)C(=O)CN(C)C1=O. The highest BCUT2D eigenvalue weighted by atomic mass is 35.5. The number of fused-ring (bicyclic) bond motifs is 3. The molecule has 2 aromatic rings. The van der Waals surface area contributed by atoms with Crippen molar-refractivity contribution < 1.29 is 83.9 Å². The van der Waals surface area contributed by atoms with Gasteiger partial charge in [0, 0.05) is 75.9 Å². The predicted molar refractivity (Wildman–Crippen MR) is 377 cm³/mol. The van der Waals surface area contributed by atoms with Crippen molar-refractivity contribution in [1.29, 1.82) is 0 Å². The molecule has 2 bridgehead atoms. The number of nitrogens with zero attached hydrogens (tertiary/aromatic N) is 9. The highest BCUT2D eigenvalue weighted by Gasteiger charge is 2.52. The van der Waals surface area contributed by atoms with Crippen LogP contribution in [-0.2, 0) is 82.7 Å². The standard InChI is InChI=1S/C74H103ClF6N12O12/c1-14-45(5)61-69(103)87(9)42-60(96)89(11)55-37-44(4)31-35-93(68(55)102)57(39-47-23-27-49(28-24-47)73(76,77)78)67(101)86(8)41-58(94)82-52(30-26-46-25-29-50(51(75)38-46)74(79,80)81)65(99)92-34-19-22-53(92)64(98)84-72(32-17-18-33-72)71(105)91(13)62(48-20-15-16-21-48)70(104)90(12)56(66(100)85(6)7)40-59(95)88(10)54(36-43(2)3)63(97)83-61/h23-25,27-29,31,38,43,45,48,52-57,61-62H,14-22,26,30,32-37,39-42H2,1-13H3,(H,82,94)(H,83,97)(H,84,98)/t45-,52-,53+,54-,55-,56-,57-,61-,62-/m0/s1. The summed E-state index contributed by atoms with van der Waals surface area (Å²) in [5.74, 6) is -10.4. The summed E-state index contributed by atoms with van der Waals surface area (Å²) in [5.41, 5.74) is -2.82. The molecule has 3 heterocycles. The number of halogens is 7. The zero-order chi connectivity index (χ0) is 78.1. The highest BCUT2D eigenvalue weighted by molar-refractivity contribution is 6.31. The number of benzene rings is 2. The normalized spacial score (nSPS) is 25.6. The number of amides is 12. The maximum Gasteiger partial charge on any atom is 0.417 e. The lowest BCUT2D eigenvalue weighted by Crippen LogP contribution is -2.65. The van der Waals surface area contributed by atoms with Crippen molar-refractivity contribution in [2.24, 2.45) is 17.8 Å². The Hall–Kier alpha value is -8.31. The van der Waals surface area contributed by atoms with Gasteiger partial charge in [0.15, 0.2) is 0 Å². The molecular weight excluding hydrogens is 1400 g/mol. The van der Waals surface area contributed by atoms with Crippen LogP contribution in [-0.4, -0.2) is 251 Å². The fourth-order valence-electron chi connectivity index (χ4n) is 15.0. The Morgan fingerprint density at radius 1 is 0.648 bits per heavy atom. The van der Waals surface area contributed by atoms with Gasteiger partial charge < -0.3 is 60.0 Å². The van der Waals surface area contributed by atoms with E-state index in [1.54, 1.807) is 26.8 Å². The van der Waals surface area contributed by atoms with Crippen LogP contribution in [0.4, 0.5) is 26.3 Å². The molecule has 31 heteroatoms. The molecular formula is C74H103ClF6N12O12. The van der Waals surface area contributed by atoms with Crippen molar-refractivity contribution >= 4 is 82.5 Å². The number of likely N-dealkylation sites (N-methyl/N-ethyl adjacent to an activating group) is 7. The zero-order valence-corrected chi connectivity index (χ0v) is 63.1. The molecule has 12 amide bonds. The van der Waals surface area contributed by atoms with Crippen LogP contribution in [0.15, 0.2) is 54.1 Å². The fraction of sp³-hybridized carbons (Fsp3) is 0.649. The summed E-state index contributed by atoms with van der Waals surface area (Å²) >= 11 is 6.15. The summed E-state index contributed by atoms with van der Waals surface area (Å²) < 4.78 is 83.6. The van der Waals surface area contributed by atoms with Gasteiger partial charge in [-0.3, -0.25) is 57.5 Å². The van der Waals surface area contributed by atoms with Crippen molar-refractivity contribution in [3.05, 3.63) is 81.4 Å². The van der Waals surface area contributed by atoms with Gasteiger partial charge in [0.2, 0.25) is 70.9 Å². The van der Waals surface area contributed by atoms with Crippen LogP contribution < -0.4 is 16.0 Å². The molecule has 1 spiro atoms. The van der Waals surface area contributed by atoms with E-state index in [1.165, 1.54) is 76.0 Å². The van der Waals surface area contributed by atoms with Crippen molar-refractivity contribution in [2.45, 2.75) is 210 Å². The lowest BCUT2D eigenvalue weighted by molar-refractivity contribution is -0.156. The lowest BCUT2D eigenvalue weighted by atomic mass is 9.90. The average molecular weight is 1500 g/mol. The van der Waals surface area contributed by atoms with Gasteiger partial charge >= 0.3 is 12.4 Å². The summed E-state index contributed by atoms with van der Waals surface area (Å²) in [6.45, 7) is 6.99. The quantitative estimate of drug-likeness (QED) is 0.161. The first kappa shape index (κ1) is 84.0. The van der Waals surface area contributed by atoms with Crippen molar-refractivity contribution in [3.8, 4) is 0 Å². The molecule has 3 aliphatic heterocycles. The van der Waals surface area contributed by atoms with E-state index in [9.17, 15) is 55.1 Å². The van der Waals surface area contributed by atoms with E-state index in [0.29, 0.717) is 50.5 Å². The molecule has 2 aliphatic carbocycles. The number of nitrogens with one attached hydrogen (secondary N) is 3. The molecule has 2 aromatic carbocycles. The molecule has 4 fully saturated rings. The van der Waals surface area contributed by atoms with Crippen LogP contribution in [0.5, 0.6) is 0 Å². The van der Waals surface area contributed by atoms with Gasteiger partial charge in [0.1, 0.15) is 53.9 Å². The Morgan fingerprint density at radius 2 is 1.27 bits per heavy atom. The molecule has 2 saturated heterocycles. The van der Waals surface area contributed by atoms with Crippen LogP contribution in [0, 0.1) is 17.8 Å². The Kier molecular flexibility index (Phi) is 28.3. The van der Waals surface area contributed by atoms with Gasteiger partial charge in [0.25, 0.3) is 0 Å². The van der Waals surface area contributed by atoms with Gasteiger partial charge in [-0.25, -0.2) is 0 Å². The minimum absolute atomic E-state index is 0.0470. The van der Waals surface area contributed by atoms with E-state index in [1.807, 2.05) is 13.8 Å². The van der Waals surface area contributed by atoms with Crippen LogP contribution in [0.1, 0.15) is 153 Å². The van der Waals surface area contributed by atoms with Gasteiger partial charge in [-0.05, 0) is 124 Å². The van der Waals surface area contributed by atoms with E-state index < -0.39 is 191 Å². The van der Waals surface area contributed by atoms with Gasteiger partial charge in [-0.15, -0.1) is 0 Å². The number of rotatable bonds is 11. The molecule has 9 atom stereocenters. The number of hydrogen-bond acceptors (Lipinski definition) is 12. The third-order valence-electron chi connectivity index (χ3n) is 21.6. The minimum Gasteiger partial charge on any atom is -0.347 e. The molecule has 0 radical (unpaired) electrons. The predicted octanol–water partition coefficient (Wildman–Crippen LogP) is 6.49. The second-order valence-corrected chi connectivity index (χ2v) is 30.2. The summed E-state index contributed by atoms with van der Waals surface area (Å²) in [6, 6.07) is -4.23. The first-order chi connectivity index (χ1) is 49.1. The molecule has 5 aliphatic rings. The first-order valence-electron chi connectivity index (χ1n) is 36.1. The first-order valence-corrected chi connectivity index (χ1v) is 36.5. The second kappa shape index (κ2) is 35.4. The third-order valence-corrected chi connectivity index (χ3v) is 21.9. The molecule has 105 heavy (non-hydrogen) atoms.